The summed E-state index contributed by atoms with van der Waals surface area (Å²) in [6.07, 6.45) is -16.5. The van der Waals surface area contributed by atoms with Crippen molar-refractivity contribution < 1.29 is 98.5 Å². The number of aromatic hydroxyl groups is 4. The highest BCUT2D eigenvalue weighted by Crippen LogP contribution is 2.40. The molecule has 0 bridgehead atoms. The van der Waals surface area contributed by atoms with E-state index in [1.54, 1.807) is 0 Å². The minimum Gasteiger partial charge on any atom is -0.508 e. The maximum atomic E-state index is 14.0. The zero-order chi connectivity index (χ0) is 42.7. The maximum absolute atomic E-state index is 14.0. The van der Waals surface area contributed by atoms with Gasteiger partial charge in [-0.15, -0.1) is 0 Å². The third kappa shape index (κ3) is 8.99. The molecule has 4 aromatic rings. The van der Waals surface area contributed by atoms with E-state index in [2.05, 4.69) is 0 Å². The van der Waals surface area contributed by atoms with Crippen LogP contribution in [0.3, 0.4) is 0 Å². The first-order chi connectivity index (χ1) is 28.1. The van der Waals surface area contributed by atoms with Gasteiger partial charge in [0.2, 0.25) is 23.8 Å². The number of ether oxygens (including phenoxy) is 6. The van der Waals surface area contributed by atoms with E-state index in [4.69, 9.17) is 42.6 Å². The van der Waals surface area contributed by atoms with Gasteiger partial charge in [0.1, 0.15) is 71.8 Å². The minimum atomic E-state index is -2.05. The van der Waals surface area contributed by atoms with Gasteiger partial charge < -0.3 is 83.9 Å². The lowest BCUT2D eigenvalue weighted by Gasteiger charge is -2.42. The quantitative estimate of drug-likeness (QED) is 0.0351. The number of carbonyl (C=O) groups excluding carboxylic acids is 1. The fraction of sp³-hybridized carbons (Fsp3) is 0.368. The minimum absolute atomic E-state index is 0.0365. The Kier molecular flexibility index (Phi) is 13.1. The van der Waals surface area contributed by atoms with E-state index in [-0.39, 0.29) is 34.1 Å². The molecular formula is C38H40O21. The number of hydrogen-bond acceptors (Lipinski definition) is 21. The highest BCUT2D eigenvalue weighted by molar-refractivity contribution is 5.88. The molecule has 0 saturated carbocycles. The Bertz CT molecular complexity index is 2220. The van der Waals surface area contributed by atoms with Crippen molar-refractivity contribution >= 4 is 23.0 Å². The lowest BCUT2D eigenvalue weighted by molar-refractivity contribution is -0.467. The predicted molar refractivity (Wildman–Crippen MR) is 195 cm³/mol. The summed E-state index contributed by atoms with van der Waals surface area (Å²) in [7, 11) is 2.59. The van der Waals surface area contributed by atoms with Crippen molar-refractivity contribution in [2.24, 2.45) is 0 Å². The van der Waals surface area contributed by atoms with Crippen LogP contribution in [0.5, 0.6) is 40.2 Å². The number of phenolic OH excluding ortho intramolecular Hbond substituents is 4. The number of aliphatic hydroxyl groups excluding tert-OH is 6. The van der Waals surface area contributed by atoms with Gasteiger partial charge in [0.25, 0.3) is 0 Å². The van der Waals surface area contributed by atoms with Crippen LogP contribution in [0.15, 0.2) is 63.8 Å². The molecule has 3 heterocycles. The summed E-state index contributed by atoms with van der Waals surface area (Å²) >= 11 is 0. The maximum Gasteiger partial charge on any atom is 0.330 e. The number of aliphatic hydroxyl groups is 6. The first-order valence-electron chi connectivity index (χ1n) is 17.6. The molecule has 59 heavy (non-hydrogen) atoms. The van der Waals surface area contributed by atoms with Gasteiger partial charge in [0.05, 0.1) is 20.8 Å². The summed E-state index contributed by atoms with van der Waals surface area (Å²) < 4.78 is 38.3. The van der Waals surface area contributed by atoms with Gasteiger partial charge in [-0.2, -0.15) is 0 Å². The normalized spacial score (nSPS) is 27.1. The molecule has 0 amide bonds. The second-order valence-corrected chi connectivity index (χ2v) is 13.2. The summed E-state index contributed by atoms with van der Waals surface area (Å²) in [5.41, 5.74) is -0.884. The van der Waals surface area contributed by atoms with Gasteiger partial charge in [0.15, 0.2) is 34.9 Å². The zero-order valence-electron chi connectivity index (χ0n) is 30.9. The zero-order valence-corrected chi connectivity index (χ0v) is 30.9. The summed E-state index contributed by atoms with van der Waals surface area (Å²) in [5, 5.41) is 104. The van der Waals surface area contributed by atoms with Crippen LogP contribution in [-0.4, -0.2) is 146 Å². The molecule has 3 aromatic carbocycles. The third-order valence-corrected chi connectivity index (χ3v) is 9.35. The van der Waals surface area contributed by atoms with Crippen molar-refractivity contribution in [2.75, 3.05) is 27.4 Å². The Morgan fingerprint density at radius 2 is 1.41 bits per heavy atom. The molecule has 2 fully saturated rings. The molecule has 0 radical (unpaired) electrons. The number of esters is 1. The van der Waals surface area contributed by atoms with Gasteiger partial charge in [-0.1, -0.05) is 6.07 Å². The summed E-state index contributed by atoms with van der Waals surface area (Å²) in [6.45, 7) is -1.59. The summed E-state index contributed by atoms with van der Waals surface area (Å²) in [4.78, 5) is 37.1. The number of methoxy groups -OCH3 is 2. The number of fused-ring (bicyclic) bond motifs is 1. The van der Waals surface area contributed by atoms with E-state index >= 15 is 0 Å². The molecular weight excluding hydrogens is 792 g/mol. The Balaban J connectivity index is 1.24. The second-order valence-electron chi connectivity index (χ2n) is 13.2. The van der Waals surface area contributed by atoms with Crippen LogP contribution >= 0.6 is 0 Å². The highest BCUT2D eigenvalue weighted by Gasteiger charge is 2.50. The Labute approximate surface area is 332 Å². The van der Waals surface area contributed by atoms with Crippen molar-refractivity contribution in [3.63, 3.8) is 0 Å². The van der Waals surface area contributed by atoms with Crippen LogP contribution in [0.2, 0.25) is 0 Å². The first-order valence-corrected chi connectivity index (χ1v) is 17.6. The molecule has 2 aliphatic heterocycles. The smallest absolute Gasteiger partial charge is 0.330 e. The van der Waals surface area contributed by atoms with Gasteiger partial charge in [-0.25, -0.2) is 14.6 Å². The number of hydrogen-bond donors (Lipinski definition) is 10. The predicted octanol–water partition coefficient (Wildman–Crippen LogP) is -0.502. The Hall–Kier alpha value is -5.72. The topological polar surface area (TPSA) is 323 Å². The number of benzene rings is 3. The molecule has 318 valence electrons. The molecule has 2 aliphatic rings. The van der Waals surface area contributed by atoms with E-state index in [0.717, 1.165) is 18.2 Å². The molecule has 10 unspecified atom stereocenters. The lowest BCUT2D eigenvalue weighted by atomic mass is 9.99. The monoisotopic (exact) mass is 832 g/mol. The number of rotatable bonds is 13. The van der Waals surface area contributed by atoms with Crippen LogP contribution < -0.4 is 19.6 Å². The summed E-state index contributed by atoms with van der Waals surface area (Å²) in [5.74, 6) is -3.59. The number of phenols is 4. The van der Waals surface area contributed by atoms with Crippen LogP contribution in [0.4, 0.5) is 0 Å². The van der Waals surface area contributed by atoms with E-state index in [9.17, 15) is 60.7 Å². The molecule has 10 atom stereocenters. The van der Waals surface area contributed by atoms with Gasteiger partial charge in [0, 0.05) is 23.8 Å². The fourth-order valence-electron chi connectivity index (χ4n) is 6.18. The molecule has 21 heteroatoms. The van der Waals surface area contributed by atoms with E-state index in [0.29, 0.717) is 5.56 Å². The van der Waals surface area contributed by atoms with Crippen molar-refractivity contribution in [3.05, 3.63) is 70.4 Å². The van der Waals surface area contributed by atoms with Gasteiger partial charge in [-0.3, -0.25) is 4.79 Å². The standard InChI is InChI=1S/C38H40O21/c1-51-21-9-15(3-6-18(21)41)4-8-26(44)53-14-25-29(46)31(48)33(50)37(56-25)59-58-36-32(49)28(45)24(13-39)55-38(36)57-35-30(47)27-20(43)11-17(40)12-23(27)54-34(35)16-5-7-19(42)22(10-16)52-2/h3-12,24-25,28-29,31-33,36-43,45-46,48-50H,13-14H2,1-2H3. The van der Waals surface area contributed by atoms with Crippen LogP contribution in [0.25, 0.3) is 28.4 Å². The highest BCUT2D eigenvalue weighted by atomic mass is 17.2. The average molecular weight is 833 g/mol. The van der Waals surface area contributed by atoms with Crippen molar-refractivity contribution in [2.45, 2.75) is 61.4 Å². The molecule has 2 saturated heterocycles. The van der Waals surface area contributed by atoms with E-state index < -0.39 is 114 Å². The first kappa shape index (κ1) is 42.9. The Morgan fingerprint density at radius 3 is 2.10 bits per heavy atom. The summed E-state index contributed by atoms with van der Waals surface area (Å²) in [6, 6.07) is 9.90. The van der Waals surface area contributed by atoms with Gasteiger partial charge in [-0.05, 0) is 42.0 Å². The molecule has 1 aromatic heterocycles. The van der Waals surface area contributed by atoms with E-state index in [1.165, 1.54) is 56.7 Å². The van der Waals surface area contributed by atoms with Crippen molar-refractivity contribution in [1.82, 2.24) is 0 Å². The Morgan fingerprint density at radius 1 is 0.746 bits per heavy atom. The van der Waals surface area contributed by atoms with Crippen LogP contribution in [0.1, 0.15) is 5.56 Å². The molecule has 21 nitrogen and oxygen atoms in total. The van der Waals surface area contributed by atoms with Crippen molar-refractivity contribution in [1.29, 1.82) is 0 Å². The fourth-order valence-corrected chi connectivity index (χ4v) is 6.18. The molecule has 6 rings (SSSR count). The lowest BCUT2D eigenvalue weighted by Crippen LogP contribution is -2.62. The second kappa shape index (κ2) is 18.0. The van der Waals surface area contributed by atoms with Crippen LogP contribution in [-0.2, 0) is 28.8 Å². The third-order valence-electron chi connectivity index (χ3n) is 9.35. The van der Waals surface area contributed by atoms with Crippen LogP contribution in [0, 0.1) is 0 Å². The molecule has 0 spiro atoms. The van der Waals surface area contributed by atoms with E-state index in [1.807, 2.05) is 0 Å². The molecule has 0 aliphatic carbocycles. The van der Waals surface area contributed by atoms with Crippen molar-refractivity contribution in [3.8, 4) is 51.6 Å². The number of carbonyl (C=O) groups is 1. The van der Waals surface area contributed by atoms with Gasteiger partial charge >= 0.3 is 5.97 Å². The molecule has 10 N–H and O–H groups in total. The average Bonchev–Trinajstić information content (AvgIpc) is 3.21. The largest absolute Gasteiger partial charge is 0.508 e. The SMILES string of the molecule is COc1cc(C=CC(=O)OCC2OC(OOC3C(Oc4c(-c5ccc(O)c(OC)c5)oc5cc(O)cc(O)c5c4=O)OC(CO)C(O)C3O)C(O)C(O)C2O)ccc1O.